The first-order chi connectivity index (χ1) is 7.13. The maximum Gasteiger partial charge on any atom is 0.109 e. The van der Waals surface area contributed by atoms with E-state index in [1.165, 1.54) is 5.56 Å². The third-order valence-corrected chi connectivity index (χ3v) is 3.02. The highest BCUT2D eigenvalue weighted by atomic mass is 19.1. The lowest BCUT2D eigenvalue weighted by molar-refractivity contribution is 0.330. The molecule has 3 heteroatoms. The summed E-state index contributed by atoms with van der Waals surface area (Å²) in [6.07, 6.45) is 0.734. The topological polar surface area (TPSA) is 29.3 Å². The zero-order valence-corrected chi connectivity index (χ0v) is 9.04. The normalized spacial score (nSPS) is 25.9. The average Bonchev–Trinajstić information content (AvgIpc) is 2.62. The van der Waals surface area contributed by atoms with Gasteiger partial charge in [0.15, 0.2) is 0 Å². The van der Waals surface area contributed by atoms with Gasteiger partial charge in [0, 0.05) is 18.8 Å². The molecule has 82 valence electrons. The number of alkyl halides is 1. The molecule has 0 spiro atoms. The first-order valence-electron chi connectivity index (χ1n) is 5.29. The Bertz CT molecular complexity index is 353. The molecule has 1 saturated heterocycles. The van der Waals surface area contributed by atoms with Crippen molar-refractivity contribution in [2.24, 2.45) is 5.73 Å². The van der Waals surface area contributed by atoms with Crippen LogP contribution in [0.15, 0.2) is 24.3 Å². The summed E-state index contributed by atoms with van der Waals surface area (Å²) in [7, 11) is 0. The molecule has 1 unspecified atom stereocenters. The molecule has 1 heterocycles. The van der Waals surface area contributed by atoms with Crippen LogP contribution in [0.25, 0.3) is 0 Å². The van der Waals surface area contributed by atoms with Gasteiger partial charge in [-0.2, -0.15) is 0 Å². The molecule has 15 heavy (non-hydrogen) atoms. The van der Waals surface area contributed by atoms with E-state index in [9.17, 15) is 4.39 Å². The van der Waals surface area contributed by atoms with Gasteiger partial charge < -0.3 is 10.6 Å². The summed E-state index contributed by atoms with van der Waals surface area (Å²) in [6.45, 7) is 3.09. The molecule has 1 fully saturated rings. The maximum atomic E-state index is 12.7. The van der Waals surface area contributed by atoms with Gasteiger partial charge in [-0.3, -0.25) is 0 Å². The van der Waals surface area contributed by atoms with Gasteiger partial charge in [-0.25, -0.2) is 4.39 Å². The molecule has 0 radical (unpaired) electrons. The van der Waals surface area contributed by atoms with E-state index < -0.39 is 12.2 Å². The van der Waals surface area contributed by atoms with Crippen LogP contribution in [0.3, 0.4) is 0 Å². The van der Waals surface area contributed by atoms with Gasteiger partial charge in [0.2, 0.25) is 0 Å². The summed E-state index contributed by atoms with van der Waals surface area (Å²) in [4.78, 5) is 2.16. The van der Waals surface area contributed by atoms with Crippen molar-refractivity contribution in [1.82, 2.24) is 0 Å². The first-order valence-corrected chi connectivity index (χ1v) is 5.29. The van der Waals surface area contributed by atoms with Crippen molar-refractivity contribution in [2.75, 3.05) is 24.7 Å². The Balaban J connectivity index is 2.14. The second-order valence-corrected chi connectivity index (χ2v) is 4.51. The quantitative estimate of drug-likeness (QED) is 0.804. The van der Waals surface area contributed by atoms with Gasteiger partial charge in [-0.15, -0.1) is 0 Å². The van der Waals surface area contributed by atoms with E-state index in [1.807, 2.05) is 6.07 Å². The summed E-state index contributed by atoms with van der Waals surface area (Å²) < 4.78 is 12.7. The summed E-state index contributed by atoms with van der Waals surface area (Å²) in [6, 6.07) is 8.25. The van der Waals surface area contributed by atoms with Crippen molar-refractivity contribution in [3.05, 3.63) is 29.8 Å². The lowest BCUT2D eigenvalue weighted by Crippen LogP contribution is -2.44. The largest absolute Gasteiger partial charge is 0.370 e. The molecule has 0 aliphatic carbocycles. The predicted octanol–water partition coefficient (Wildman–Crippen LogP) is 1.87. The van der Waals surface area contributed by atoms with Crippen LogP contribution >= 0.6 is 0 Å². The number of anilines is 1. The van der Waals surface area contributed by atoms with Gasteiger partial charge in [0.05, 0.1) is 5.54 Å². The predicted molar refractivity (Wildman–Crippen MR) is 60.9 cm³/mol. The van der Waals surface area contributed by atoms with Crippen molar-refractivity contribution < 1.29 is 4.39 Å². The molecule has 2 N–H and O–H groups in total. The molecule has 0 bridgehead atoms. The summed E-state index contributed by atoms with van der Waals surface area (Å²) in [5.74, 6) is 0. The molecule has 1 aliphatic heterocycles. The van der Waals surface area contributed by atoms with E-state index in [-0.39, 0.29) is 0 Å². The zero-order valence-electron chi connectivity index (χ0n) is 9.04. The molecule has 0 amide bonds. The van der Waals surface area contributed by atoms with Crippen LogP contribution < -0.4 is 10.6 Å². The van der Waals surface area contributed by atoms with Crippen molar-refractivity contribution in [2.45, 2.75) is 18.9 Å². The number of rotatable bonds is 2. The number of nitrogens with zero attached hydrogens (tertiary/aromatic N) is 1. The molecular weight excluding hydrogens is 191 g/mol. The number of aryl methyl sites for hydroxylation is 1. The van der Waals surface area contributed by atoms with Gasteiger partial charge in [-0.1, -0.05) is 12.1 Å². The molecule has 2 nitrogen and oxygen atoms in total. The van der Waals surface area contributed by atoms with E-state index in [4.69, 9.17) is 5.73 Å². The monoisotopic (exact) mass is 208 g/mol. The molecule has 1 aromatic rings. The van der Waals surface area contributed by atoms with Crippen LogP contribution in [0.2, 0.25) is 0 Å². The van der Waals surface area contributed by atoms with E-state index in [2.05, 4.69) is 30.0 Å². The van der Waals surface area contributed by atoms with Crippen LogP contribution in [0.4, 0.5) is 10.1 Å². The number of hydrogen-bond acceptors (Lipinski definition) is 2. The molecule has 2 rings (SSSR count). The Labute approximate surface area is 89.9 Å². The third kappa shape index (κ3) is 2.12. The SMILES string of the molecule is Cc1cccc(N2CCC(N)(CF)C2)c1. The number of benzene rings is 1. The van der Waals surface area contributed by atoms with E-state index in [0.29, 0.717) is 6.54 Å². The standard InChI is InChI=1S/C12H17FN2/c1-10-3-2-4-11(7-10)15-6-5-12(14,8-13)9-15/h2-4,7H,5-6,8-9,14H2,1H3. The van der Waals surface area contributed by atoms with E-state index in [1.54, 1.807) is 0 Å². The van der Waals surface area contributed by atoms with Gasteiger partial charge in [0.25, 0.3) is 0 Å². The second-order valence-electron chi connectivity index (χ2n) is 4.51. The van der Waals surface area contributed by atoms with E-state index in [0.717, 1.165) is 18.7 Å². The van der Waals surface area contributed by atoms with Crippen molar-refractivity contribution >= 4 is 5.69 Å². The van der Waals surface area contributed by atoms with Gasteiger partial charge in [-0.05, 0) is 31.0 Å². The fraction of sp³-hybridized carbons (Fsp3) is 0.500. The molecule has 0 saturated carbocycles. The Morgan fingerprint density at radius 2 is 2.33 bits per heavy atom. The highest BCUT2D eigenvalue weighted by Gasteiger charge is 2.34. The van der Waals surface area contributed by atoms with Gasteiger partial charge in [0.1, 0.15) is 6.67 Å². The van der Waals surface area contributed by atoms with Crippen LogP contribution in [0.5, 0.6) is 0 Å². The van der Waals surface area contributed by atoms with Crippen molar-refractivity contribution in [3.63, 3.8) is 0 Å². The Morgan fingerprint density at radius 1 is 1.53 bits per heavy atom. The molecule has 0 aromatic heterocycles. The fourth-order valence-corrected chi connectivity index (χ4v) is 2.05. The molecule has 1 atom stereocenters. The minimum atomic E-state index is -0.635. The fourth-order valence-electron chi connectivity index (χ4n) is 2.05. The Hall–Kier alpha value is -1.09. The first kappa shape index (κ1) is 10.4. The van der Waals surface area contributed by atoms with E-state index >= 15 is 0 Å². The Morgan fingerprint density at radius 3 is 2.93 bits per heavy atom. The summed E-state index contributed by atoms with van der Waals surface area (Å²) >= 11 is 0. The lowest BCUT2D eigenvalue weighted by Gasteiger charge is -2.22. The second kappa shape index (κ2) is 3.81. The van der Waals surface area contributed by atoms with Crippen LogP contribution in [0, 0.1) is 6.92 Å². The average molecular weight is 208 g/mol. The summed E-state index contributed by atoms with van der Waals surface area (Å²) in [5, 5.41) is 0. The van der Waals surface area contributed by atoms with Crippen LogP contribution in [-0.4, -0.2) is 25.3 Å². The maximum absolute atomic E-state index is 12.7. The smallest absolute Gasteiger partial charge is 0.109 e. The third-order valence-electron chi connectivity index (χ3n) is 3.02. The highest BCUT2D eigenvalue weighted by molar-refractivity contribution is 5.50. The van der Waals surface area contributed by atoms with Gasteiger partial charge >= 0.3 is 0 Å². The number of hydrogen-bond donors (Lipinski definition) is 1. The number of nitrogens with two attached hydrogens (primary N) is 1. The number of halogens is 1. The molecule has 1 aromatic carbocycles. The molecular formula is C12H17FN2. The zero-order chi connectivity index (χ0) is 10.9. The van der Waals surface area contributed by atoms with Crippen LogP contribution in [-0.2, 0) is 0 Å². The lowest BCUT2D eigenvalue weighted by atomic mass is 10.0. The molecule has 1 aliphatic rings. The Kier molecular flexibility index (Phi) is 2.65. The van der Waals surface area contributed by atoms with Crippen molar-refractivity contribution in [1.29, 1.82) is 0 Å². The summed E-state index contributed by atoms with van der Waals surface area (Å²) in [5.41, 5.74) is 7.65. The minimum absolute atomic E-state index is 0.435. The highest BCUT2D eigenvalue weighted by Crippen LogP contribution is 2.25. The minimum Gasteiger partial charge on any atom is -0.370 e. The van der Waals surface area contributed by atoms with Crippen LogP contribution in [0.1, 0.15) is 12.0 Å². The van der Waals surface area contributed by atoms with Crippen molar-refractivity contribution in [3.8, 4) is 0 Å².